The van der Waals surface area contributed by atoms with Crippen molar-refractivity contribution in [1.82, 2.24) is 14.5 Å². The van der Waals surface area contributed by atoms with Crippen LogP contribution in [0.15, 0.2) is 47.3 Å². The lowest BCUT2D eigenvalue weighted by Gasteiger charge is -2.21. The molecule has 1 saturated heterocycles. The fourth-order valence-electron chi connectivity index (χ4n) is 4.46. The molecular formula is C26H27FN4O2. The van der Waals surface area contributed by atoms with E-state index in [2.05, 4.69) is 11.9 Å². The Morgan fingerprint density at radius 3 is 2.48 bits per heavy atom. The van der Waals surface area contributed by atoms with Gasteiger partial charge in [0, 0.05) is 18.5 Å². The Balaban J connectivity index is 1.93. The number of hydrogen-bond acceptors (Lipinski definition) is 5. The summed E-state index contributed by atoms with van der Waals surface area (Å²) in [5.41, 5.74) is 1.76. The van der Waals surface area contributed by atoms with Crippen LogP contribution in [0, 0.1) is 17.1 Å². The van der Waals surface area contributed by atoms with Crippen LogP contribution in [0.1, 0.15) is 36.6 Å². The van der Waals surface area contributed by atoms with Gasteiger partial charge in [0.1, 0.15) is 23.5 Å². The SMILES string of the molecule is COc1ccc(-c2c(-c3ccc(C#N)c(F)c3)nc(C3CCCN(C)CC3)n(C)c2=O)cc1. The van der Waals surface area contributed by atoms with E-state index in [4.69, 9.17) is 15.0 Å². The molecule has 33 heavy (non-hydrogen) atoms. The van der Waals surface area contributed by atoms with Crippen LogP contribution in [0.3, 0.4) is 0 Å². The summed E-state index contributed by atoms with van der Waals surface area (Å²) >= 11 is 0. The maximum absolute atomic E-state index is 14.5. The Labute approximate surface area is 192 Å². The zero-order chi connectivity index (χ0) is 23.5. The molecule has 1 fully saturated rings. The first-order valence-electron chi connectivity index (χ1n) is 11.1. The van der Waals surface area contributed by atoms with Gasteiger partial charge in [0.05, 0.1) is 23.9 Å². The molecule has 170 valence electrons. The highest BCUT2D eigenvalue weighted by Gasteiger charge is 2.25. The molecular weight excluding hydrogens is 419 g/mol. The van der Waals surface area contributed by atoms with Crippen molar-refractivity contribution >= 4 is 0 Å². The molecule has 0 saturated carbocycles. The summed E-state index contributed by atoms with van der Waals surface area (Å²) in [6.07, 6.45) is 2.87. The molecule has 0 amide bonds. The van der Waals surface area contributed by atoms with Gasteiger partial charge in [0.2, 0.25) is 0 Å². The molecule has 2 aromatic carbocycles. The lowest BCUT2D eigenvalue weighted by molar-refractivity contribution is 0.346. The molecule has 1 aromatic heterocycles. The van der Waals surface area contributed by atoms with E-state index in [9.17, 15) is 9.18 Å². The minimum absolute atomic E-state index is 0.0411. The van der Waals surface area contributed by atoms with E-state index in [1.165, 1.54) is 12.1 Å². The molecule has 0 spiro atoms. The Bertz CT molecular complexity index is 1260. The quantitative estimate of drug-likeness (QED) is 0.597. The molecule has 0 bridgehead atoms. The minimum Gasteiger partial charge on any atom is -0.497 e. The van der Waals surface area contributed by atoms with Crippen molar-refractivity contribution in [2.45, 2.75) is 25.2 Å². The van der Waals surface area contributed by atoms with Crippen molar-refractivity contribution in [3.63, 3.8) is 0 Å². The van der Waals surface area contributed by atoms with Crippen molar-refractivity contribution < 1.29 is 9.13 Å². The Hall–Kier alpha value is -3.50. The maximum Gasteiger partial charge on any atom is 0.261 e. The molecule has 0 aliphatic carbocycles. The Morgan fingerprint density at radius 1 is 1.09 bits per heavy atom. The van der Waals surface area contributed by atoms with Gasteiger partial charge in [-0.05, 0) is 69.2 Å². The Morgan fingerprint density at radius 2 is 1.82 bits per heavy atom. The zero-order valence-electron chi connectivity index (χ0n) is 19.1. The lowest BCUT2D eigenvalue weighted by atomic mass is 9.96. The molecule has 0 radical (unpaired) electrons. The summed E-state index contributed by atoms with van der Waals surface area (Å²) in [6.45, 7) is 1.95. The molecule has 7 heteroatoms. The second kappa shape index (κ2) is 9.55. The maximum atomic E-state index is 14.5. The first-order chi connectivity index (χ1) is 15.9. The van der Waals surface area contributed by atoms with Gasteiger partial charge in [-0.1, -0.05) is 18.2 Å². The molecule has 1 unspecified atom stereocenters. The van der Waals surface area contributed by atoms with Crippen molar-refractivity contribution in [3.05, 3.63) is 70.0 Å². The average molecular weight is 447 g/mol. The molecule has 1 atom stereocenters. The monoisotopic (exact) mass is 446 g/mol. The molecule has 6 nitrogen and oxygen atoms in total. The second-order valence-corrected chi connectivity index (χ2v) is 8.52. The van der Waals surface area contributed by atoms with Crippen molar-refractivity contribution in [2.75, 3.05) is 27.2 Å². The van der Waals surface area contributed by atoms with Gasteiger partial charge in [0.25, 0.3) is 5.56 Å². The third kappa shape index (κ3) is 4.53. The van der Waals surface area contributed by atoms with Crippen LogP contribution in [0.2, 0.25) is 0 Å². The van der Waals surface area contributed by atoms with Gasteiger partial charge >= 0.3 is 0 Å². The standard InChI is InChI=1S/C26H27FN4O2/c1-30-13-4-5-18(12-14-30)25-29-24(19-6-7-20(16-28)22(27)15-19)23(26(32)31(25)2)17-8-10-21(33-3)11-9-17/h6-11,15,18H,4-5,12-14H2,1-3H3. The number of hydrogen-bond donors (Lipinski definition) is 0. The van der Waals surface area contributed by atoms with Gasteiger partial charge in [0.15, 0.2) is 0 Å². The average Bonchev–Trinajstić information content (AvgIpc) is 3.05. The Kier molecular flexibility index (Phi) is 6.57. The third-order valence-corrected chi connectivity index (χ3v) is 6.38. The number of nitrogens with zero attached hydrogens (tertiary/aromatic N) is 4. The fourth-order valence-corrected chi connectivity index (χ4v) is 4.46. The van der Waals surface area contributed by atoms with Crippen LogP contribution in [0.25, 0.3) is 22.4 Å². The van der Waals surface area contributed by atoms with Crippen LogP contribution in [0.5, 0.6) is 5.75 Å². The van der Waals surface area contributed by atoms with Gasteiger partial charge in [-0.2, -0.15) is 5.26 Å². The fraction of sp³-hybridized carbons (Fsp3) is 0.346. The molecule has 0 N–H and O–H groups in total. The molecule has 1 aliphatic heterocycles. The lowest BCUT2D eigenvalue weighted by Crippen LogP contribution is -2.27. The van der Waals surface area contributed by atoms with Gasteiger partial charge in [-0.15, -0.1) is 0 Å². The summed E-state index contributed by atoms with van der Waals surface area (Å²) in [4.78, 5) is 20.9. The van der Waals surface area contributed by atoms with Crippen LogP contribution < -0.4 is 10.3 Å². The van der Waals surface area contributed by atoms with E-state index in [-0.39, 0.29) is 17.0 Å². The van der Waals surface area contributed by atoms with E-state index in [1.54, 1.807) is 49.1 Å². The minimum atomic E-state index is -0.629. The van der Waals surface area contributed by atoms with E-state index in [0.717, 1.165) is 32.4 Å². The highest BCUT2D eigenvalue weighted by molar-refractivity contribution is 5.80. The van der Waals surface area contributed by atoms with Gasteiger partial charge < -0.3 is 9.64 Å². The summed E-state index contributed by atoms with van der Waals surface area (Å²) in [5, 5.41) is 9.13. The van der Waals surface area contributed by atoms with E-state index < -0.39 is 5.82 Å². The highest BCUT2D eigenvalue weighted by Crippen LogP contribution is 2.33. The first kappa shape index (κ1) is 22.7. The van der Waals surface area contributed by atoms with Crippen LogP contribution in [-0.4, -0.2) is 41.7 Å². The third-order valence-electron chi connectivity index (χ3n) is 6.38. The molecule has 2 heterocycles. The highest BCUT2D eigenvalue weighted by atomic mass is 19.1. The second-order valence-electron chi connectivity index (χ2n) is 8.52. The van der Waals surface area contributed by atoms with Gasteiger partial charge in [-0.25, -0.2) is 9.37 Å². The van der Waals surface area contributed by atoms with E-state index in [0.29, 0.717) is 34.0 Å². The molecule has 3 aromatic rings. The summed E-state index contributed by atoms with van der Waals surface area (Å²) in [7, 11) is 5.45. The predicted octanol–water partition coefficient (Wildman–Crippen LogP) is 4.33. The summed E-state index contributed by atoms with van der Waals surface area (Å²) in [6, 6.07) is 13.4. The van der Waals surface area contributed by atoms with Crippen molar-refractivity contribution in [3.8, 4) is 34.2 Å². The van der Waals surface area contributed by atoms with Gasteiger partial charge in [-0.3, -0.25) is 9.36 Å². The first-order valence-corrected chi connectivity index (χ1v) is 11.1. The number of nitriles is 1. The smallest absolute Gasteiger partial charge is 0.261 e. The largest absolute Gasteiger partial charge is 0.497 e. The number of ether oxygens (including phenoxy) is 1. The molecule has 4 rings (SSSR count). The number of methoxy groups -OCH3 is 1. The van der Waals surface area contributed by atoms with Crippen LogP contribution >= 0.6 is 0 Å². The zero-order valence-corrected chi connectivity index (χ0v) is 19.1. The normalized spacial score (nSPS) is 16.8. The number of likely N-dealkylation sites (tertiary alicyclic amines) is 1. The van der Waals surface area contributed by atoms with Crippen molar-refractivity contribution in [1.29, 1.82) is 5.26 Å². The van der Waals surface area contributed by atoms with E-state index in [1.807, 2.05) is 6.07 Å². The number of halogens is 1. The number of benzene rings is 2. The van der Waals surface area contributed by atoms with Crippen molar-refractivity contribution in [2.24, 2.45) is 7.05 Å². The number of aromatic nitrogens is 2. The van der Waals surface area contributed by atoms with Crippen LogP contribution in [-0.2, 0) is 7.05 Å². The molecule has 1 aliphatic rings. The topological polar surface area (TPSA) is 71.2 Å². The summed E-state index contributed by atoms with van der Waals surface area (Å²) < 4.78 is 21.4. The summed E-state index contributed by atoms with van der Waals surface area (Å²) in [5.74, 6) is 0.899. The number of rotatable bonds is 4. The van der Waals surface area contributed by atoms with E-state index >= 15 is 0 Å². The predicted molar refractivity (Wildman–Crippen MR) is 126 cm³/mol. The van der Waals surface area contributed by atoms with Crippen LogP contribution in [0.4, 0.5) is 4.39 Å².